The van der Waals surface area contributed by atoms with Crippen LogP contribution in [0.4, 0.5) is 14.6 Å². The molecule has 208 valence electrons. The molecule has 0 spiro atoms. The van der Waals surface area contributed by atoms with Gasteiger partial charge in [0.25, 0.3) is 0 Å². The van der Waals surface area contributed by atoms with E-state index in [4.69, 9.17) is 4.74 Å². The topological polar surface area (TPSA) is 95.4 Å². The molecule has 2 aromatic heterocycles. The number of pyridine rings is 1. The fourth-order valence-electron chi connectivity index (χ4n) is 6.54. The summed E-state index contributed by atoms with van der Waals surface area (Å²) < 4.78 is 36.8. The van der Waals surface area contributed by atoms with Crippen molar-refractivity contribution >= 4 is 27.5 Å². The van der Waals surface area contributed by atoms with E-state index in [1.54, 1.807) is 12.3 Å². The number of aromatic nitrogens is 3. The highest BCUT2D eigenvalue weighted by molar-refractivity contribution is 5.99. The van der Waals surface area contributed by atoms with Crippen molar-refractivity contribution in [2.45, 2.75) is 37.9 Å². The molecule has 0 amide bonds. The number of alkyl halides is 1. The summed E-state index contributed by atoms with van der Waals surface area (Å²) in [6.45, 7) is 6.06. The average Bonchev–Trinajstić information content (AvgIpc) is 3.45. The van der Waals surface area contributed by atoms with Crippen molar-refractivity contribution in [1.29, 1.82) is 0 Å². The van der Waals surface area contributed by atoms with Crippen LogP contribution in [0.5, 0.6) is 11.8 Å². The first kappa shape index (κ1) is 25.3. The van der Waals surface area contributed by atoms with Gasteiger partial charge in [0.1, 0.15) is 35.6 Å². The predicted octanol–water partition coefficient (Wildman–Crippen LogP) is 4.67. The lowest BCUT2D eigenvalue weighted by Gasteiger charge is -2.39. The van der Waals surface area contributed by atoms with Crippen molar-refractivity contribution < 1.29 is 18.6 Å². The van der Waals surface area contributed by atoms with E-state index in [-0.39, 0.29) is 40.5 Å². The third-order valence-corrected chi connectivity index (χ3v) is 8.78. The van der Waals surface area contributed by atoms with Gasteiger partial charge in [-0.15, -0.1) is 0 Å². The van der Waals surface area contributed by atoms with Gasteiger partial charge in [-0.3, -0.25) is 9.88 Å². The molecular weight excluding hydrogens is 514 g/mol. The van der Waals surface area contributed by atoms with Gasteiger partial charge in [-0.1, -0.05) is 31.2 Å². The number of benzene rings is 2. The van der Waals surface area contributed by atoms with Gasteiger partial charge in [0.15, 0.2) is 5.82 Å². The maximum Gasteiger partial charge on any atom is 0.319 e. The van der Waals surface area contributed by atoms with Crippen LogP contribution in [0.15, 0.2) is 42.6 Å². The van der Waals surface area contributed by atoms with Crippen LogP contribution in [-0.2, 0) is 0 Å². The van der Waals surface area contributed by atoms with Gasteiger partial charge in [-0.25, -0.2) is 8.78 Å². The molecule has 10 heteroatoms. The van der Waals surface area contributed by atoms with Crippen LogP contribution in [0.3, 0.4) is 0 Å². The number of nitrogens with one attached hydrogen (secondary N) is 2. The first-order chi connectivity index (χ1) is 19.3. The van der Waals surface area contributed by atoms with Gasteiger partial charge in [-0.05, 0) is 42.3 Å². The minimum absolute atomic E-state index is 0.0227. The number of hydrogen-bond donors (Lipinski definition) is 3. The molecule has 40 heavy (non-hydrogen) atoms. The Balaban J connectivity index is 1.30. The van der Waals surface area contributed by atoms with Crippen molar-refractivity contribution in [1.82, 2.24) is 25.2 Å². The molecule has 5 heterocycles. The van der Waals surface area contributed by atoms with Gasteiger partial charge >= 0.3 is 6.01 Å². The number of anilines is 1. The van der Waals surface area contributed by atoms with Gasteiger partial charge in [0.05, 0.1) is 10.9 Å². The predicted molar refractivity (Wildman–Crippen MR) is 150 cm³/mol. The smallest absolute Gasteiger partial charge is 0.319 e. The first-order valence-electron chi connectivity index (χ1n) is 13.9. The van der Waals surface area contributed by atoms with Crippen molar-refractivity contribution in [2.75, 3.05) is 44.6 Å². The normalized spacial score (nSPS) is 23.8. The van der Waals surface area contributed by atoms with E-state index in [9.17, 15) is 9.50 Å². The fraction of sp³-hybridized carbons (Fsp3) is 0.433. The number of ether oxygens (including phenoxy) is 1. The average molecular weight is 547 g/mol. The summed E-state index contributed by atoms with van der Waals surface area (Å²) in [4.78, 5) is 15.8. The van der Waals surface area contributed by atoms with E-state index >= 15 is 4.39 Å². The van der Waals surface area contributed by atoms with Crippen molar-refractivity contribution in [3.05, 3.63) is 48.4 Å². The Morgan fingerprint density at radius 2 is 2.05 bits per heavy atom. The Bertz CT molecular complexity index is 1610. The molecule has 8 nitrogen and oxygen atoms in total. The lowest BCUT2D eigenvalue weighted by Crippen LogP contribution is -2.55. The molecular formula is C30H32F2N6O2. The number of halogens is 2. The minimum Gasteiger partial charge on any atom is -0.508 e. The molecule has 3 aliphatic rings. The second-order valence-corrected chi connectivity index (χ2v) is 11.9. The van der Waals surface area contributed by atoms with E-state index in [1.807, 2.05) is 24.3 Å². The highest BCUT2D eigenvalue weighted by Gasteiger charge is 2.49. The number of aromatic hydroxyl groups is 1. The van der Waals surface area contributed by atoms with E-state index in [0.717, 1.165) is 43.2 Å². The van der Waals surface area contributed by atoms with E-state index in [1.165, 1.54) is 6.07 Å². The second kappa shape index (κ2) is 9.49. The lowest BCUT2D eigenvalue weighted by molar-refractivity contribution is 0.107. The van der Waals surface area contributed by atoms with Crippen LogP contribution in [-0.4, -0.2) is 76.0 Å². The first-order valence-corrected chi connectivity index (χ1v) is 13.9. The largest absolute Gasteiger partial charge is 0.508 e. The van der Waals surface area contributed by atoms with Crippen molar-refractivity contribution in [3.63, 3.8) is 0 Å². The molecule has 0 unspecified atom stereocenters. The lowest BCUT2D eigenvalue weighted by atomic mass is 9.84. The zero-order valence-electron chi connectivity index (χ0n) is 22.4. The number of fused-ring (bicyclic) bond motifs is 3. The summed E-state index contributed by atoms with van der Waals surface area (Å²) in [6.07, 6.45) is 2.96. The van der Waals surface area contributed by atoms with Crippen molar-refractivity contribution in [2.24, 2.45) is 5.41 Å². The van der Waals surface area contributed by atoms with E-state index in [2.05, 4.69) is 37.4 Å². The molecule has 3 fully saturated rings. The monoisotopic (exact) mass is 546 g/mol. The summed E-state index contributed by atoms with van der Waals surface area (Å²) in [6, 6.07) is 10.7. The van der Waals surface area contributed by atoms with Crippen LogP contribution >= 0.6 is 0 Å². The third-order valence-electron chi connectivity index (χ3n) is 8.78. The van der Waals surface area contributed by atoms with Crippen LogP contribution in [0, 0.1) is 11.2 Å². The van der Waals surface area contributed by atoms with Crippen molar-refractivity contribution in [3.8, 4) is 23.0 Å². The molecule has 7 rings (SSSR count). The van der Waals surface area contributed by atoms with Crippen LogP contribution < -0.4 is 15.4 Å². The molecule has 0 saturated carbocycles. The number of phenols is 1. The summed E-state index contributed by atoms with van der Waals surface area (Å²) in [5.41, 5.74) is 0.311. The molecule has 4 aromatic rings. The minimum atomic E-state index is -0.876. The molecule has 0 radical (unpaired) electrons. The summed E-state index contributed by atoms with van der Waals surface area (Å²) in [5, 5.41) is 19.0. The zero-order chi connectivity index (χ0) is 27.5. The molecule has 2 aromatic carbocycles. The van der Waals surface area contributed by atoms with Gasteiger partial charge in [0, 0.05) is 49.8 Å². The van der Waals surface area contributed by atoms with Gasteiger partial charge in [0.2, 0.25) is 0 Å². The number of hydrogen-bond acceptors (Lipinski definition) is 8. The summed E-state index contributed by atoms with van der Waals surface area (Å²) in [5.74, 6) is -0.151. The molecule has 2 atom stereocenters. The Kier molecular flexibility index (Phi) is 6.01. The highest BCUT2D eigenvalue weighted by Crippen LogP contribution is 2.41. The Morgan fingerprint density at radius 1 is 1.20 bits per heavy atom. The second-order valence-electron chi connectivity index (χ2n) is 11.9. The van der Waals surface area contributed by atoms with Gasteiger partial charge in [-0.2, -0.15) is 9.97 Å². The van der Waals surface area contributed by atoms with Gasteiger partial charge < -0.3 is 20.5 Å². The highest BCUT2D eigenvalue weighted by atomic mass is 19.1. The Hall–Kier alpha value is -3.63. The van der Waals surface area contributed by atoms with Crippen LogP contribution in [0.2, 0.25) is 0 Å². The number of rotatable bonds is 7. The standard InChI is InChI=1S/C30H32F2N6O2/c1-29(14-33-15-29)16-35-27-23-12-34-25(22-10-20(39)9-18-5-2-3-6-21(18)22)24(32)26(23)36-28(37-27)40-17-30-7-4-8-38(30)13-19(31)11-30/h2-3,5-6,9-10,12,19,33,39H,4,7-8,11,13-17H2,1H3,(H,35,36,37)/t19-,30+/m1/s1. The quantitative estimate of drug-likeness (QED) is 0.308. The summed E-state index contributed by atoms with van der Waals surface area (Å²) in [7, 11) is 0. The van der Waals surface area contributed by atoms with E-state index in [0.29, 0.717) is 36.3 Å². The van der Waals surface area contributed by atoms with Crippen LogP contribution in [0.25, 0.3) is 32.9 Å². The maximum atomic E-state index is 16.3. The Labute approximate surface area is 230 Å². The molecule has 3 N–H and O–H groups in total. The Morgan fingerprint density at radius 3 is 2.88 bits per heavy atom. The molecule has 0 bridgehead atoms. The molecule has 3 saturated heterocycles. The van der Waals surface area contributed by atoms with E-state index < -0.39 is 12.0 Å². The fourth-order valence-corrected chi connectivity index (χ4v) is 6.54. The molecule has 0 aliphatic carbocycles. The molecule has 3 aliphatic heterocycles. The number of nitrogens with zero attached hydrogens (tertiary/aromatic N) is 4. The SMILES string of the molecule is CC1(CNc2nc(OC[C@@]34CCCN3C[C@H](F)C4)nc3c(F)c(-c4cc(O)cc5ccccc45)ncc23)CNC1. The maximum absolute atomic E-state index is 16.3. The third kappa shape index (κ3) is 4.30. The zero-order valence-corrected chi connectivity index (χ0v) is 22.4. The number of phenolic OH excluding ortho intramolecular Hbond substituents is 1. The summed E-state index contributed by atoms with van der Waals surface area (Å²) >= 11 is 0. The van der Waals surface area contributed by atoms with Crippen LogP contribution in [0.1, 0.15) is 26.2 Å².